The van der Waals surface area contributed by atoms with Gasteiger partial charge in [-0.15, -0.1) is 0 Å². The predicted molar refractivity (Wildman–Crippen MR) is 92.2 cm³/mol. The Morgan fingerprint density at radius 1 is 1.38 bits per heavy atom. The summed E-state index contributed by atoms with van der Waals surface area (Å²) in [6.07, 6.45) is 1.05. The summed E-state index contributed by atoms with van der Waals surface area (Å²) < 4.78 is 6.73. The van der Waals surface area contributed by atoms with Gasteiger partial charge >= 0.3 is 0 Å². The van der Waals surface area contributed by atoms with Crippen molar-refractivity contribution in [2.45, 2.75) is 13.3 Å². The van der Waals surface area contributed by atoms with Crippen molar-refractivity contribution >= 4 is 44.0 Å². The van der Waals surface area contributed by atoms with Crippen LogP contribution in [0.3, 0.4) is 0 Å². The van der Waals surface area contributed by atoms with Crippen molar-refractivity contribution in [1.82, 2.24) is 4.90 Å². The molecule has 0 saturated carbocycles. The van der Waals surface area contributed by atoms with Gasteiger partial charge in [-0.05, 0) is 17.9 Å². The molecular formula is C16H16N2OS2. The van der Waals surface area contributed by atoms with Crippen LogP contribution in [0.2, 0.25) is 0 Å². The minimum absolute atomic E-state index is 0.909. The van der Waals surface area contributed by atoms with Crippen molar-refractivity contribution in [3.63, 3.8) is 0 Å². The van der Waals surface area contributed by atoms with Crippen LogP contribution in [0, 0.1) is 0 Å². The number of amidine groups is 1. The van der Waals surface area contributed by atoms with Crippen molar-refractivity contribution in [3.05, 3.63) is 34.7 Å². The number of nitrogens with zero attached hydrogens (tertiary/aromatic N) is 2. The van der Waals surface area contributed by atoms with Crippen LogP contribution in [0.1, 0.15) is 18.9 Å². The molecule has 0 saturated heterocycles. The number of ether oxygens (including phenoxy) is 1. The summed E-state index contributed by atoms with van der Waals surface area (Å²) in [5, 5.41) is 3.39. The number of benzene rings is 1. The molecule has 0 bridgehead atoms. The van der Waals surface area contributed by atoms with Gasteiger partial charge in [0, 0.05) is 21.7 Å². The fourth-order valence-electron chi connectivity index (χ4n) is 2.89. The molecule has 2 aliphatic heterocycles. The minimum Gasteiger partial charge on any atom is -0.487 e. The van der Waals surface area contributed by atoms with Gasteiger partial charge in [-0.3, -0.25) is 4.99 Å². The van der Waals surface area contributed by atoms with Gasteiger partial charge in [-0.1, -0.05) is 48.2 Å². The lowest BCUT2D eigenvalue weighted by Crippen LogP contribution is -2.20. The first-order chi connectivity index (χ1) is 10.3. The minimum atomic E-state index is 0.909. The highest BCUT2D eigenvalue weighted by molar-refractivity contribution is 8.17. The molecule has 108 valence electrons. The van der Waals surface area contributed by atoms with Crippen LogP contribution in [0.15, 0.2) is 34.2 Å². The normalized spacial score (nSPS) is 17.6. The second kappa shape index (κ2) is 5.07. The van der Waals surface area contributed by atoms with Crippen molar-refractivity contribution in [2.75, 3.05) is 20.2 Å². The summed E-state index contributed by atoms with van der Waals surface area (Å²) in [6.45, 7) is 4.13. The standard InChI is InChI=1S/C16H16N2OS2/c1-3-12-14(18-8-7-17-16(18)20-12)11-6-4-5-10-9-13(19-2)21-15(10)11/h4-6,9H,3,7-8H2,1-2H3. The third-order valence-corrected chi connectivity index (χ3v) is 6.25. The lowest BCUT2D eigenvalue weighted by atomic mass is 10.1. The average molecular weight is 316 g/mol. The van der Waals surface area contributed by atoms with Gasteiger partial charge in [-0.2, -0.15) is 0 Å². The maximum absolute atomic E-state index is 5.42. The summed E-state index contributed by atoms with van der Waals surface area (Å²) in [7, 11) is 1.73. The molecule has 4 rings (SSSR count). The second-order valence-electron chi connectivity index (χ2n) is 5.04. The maximum atomic E-state index is 5.42. The Balaban J connectivity index is 1.92. The van der Waals surface area contributed by atoms with Gasteiger partial charge in [0.2, 0.25) is 0 Å². The molecule has 0 radical (unpaired) electrons. The molecule has 0 N–H and O–H groups in total. The van der Waals surface area contributed by atoms with Gasteiger partial charge in [-0.25, -0.2) is 0 Å². The third-order valence-electron chi connectivity index (χ3n) is 3.85. The molecule has 0 amide bonds. The number of allylic oxidation sites excluding steroid dienone is 1. The molecule has 2 aliphatic rings. The van der Waals surface area contributed by atoms with E-state index in [0.29, 0.717) is 0 Å². The van der Waals surface area contributed by atoms with Gasteiger partial charge in [0.1, 0.15) is 0 Å². The molecule has 21 heavy (non-hydrogen) atoms. The van der Waals surface area contributed by atoms with Crippen LogP contribution in [-0.2, 0) is 0 Å². The first-order valence-electron chi connectivity index (χ1n) is 7.11. The molecule has 3 nitrogen and oxygen atoms in total. The Kier molecular flexibility index (Phi) is 3.19. The second-order valence-corrected chi connectivity index (χ2v) is 7.11. The van der Waals surface area contributed by atoms with E-state index in [0.717, 1.165) is 24.6 Å². The first kappa shape index (κ1) is 13.2. The summed E-state index contributed by atoms with van der Waals surface area (Å²) in [5.41, 5.74) is 2.67. The van der Waals surface area contributed by atoms with E-state index in [9.17, 15) is 0 Å². The highest BCUT2D eigenvalue weighted by atomic mass is 32.2. The van der Waals surface area contributed by atoms with E-state index in [-0.39, 0.29) is 0 Å². The zero-order chi connectivity index (χ0) is 14.4. The van der Waals surface area contributed by atoms with Crippen LogP contribution < -0.4 is 4.74 Å². The molecule has 5 heteroatoms. The number of thiophene rings is 1. The highest BCUT2D eigenvalue weighted by Gasteiger charge is 2.33. The summed E-state index contributed by atoms with van der Waals surface area (Å²) in [6, 6.07) is 8.65. The molecule has 0 unspecified atom stereocenters. The Labute approximate surface area is 132 Å². The van der Waals surface area contributed by atoms with E-state index < -0.39 is 0 Å². The largest absolute Gasteiger partial charge is 0.487 e. The van der Waals surface area contributed by atoms with E-state index in [1.165, 1.54) is 31.4 Å². The number of rotatable bonds is 3. The fraction of sp³-hybridized carbons (Fsp3) is 0.312. The van der Waals surface area contributed by atoms with E-state index in [1.807, 2.05) is 11.8 Å². The fourth-order valence-corrected chi connectivity index (χ4v) is 5.01. The number of hydrogen-bond donors (Lipinski definition) is 0. The van der Waals surface area contributed by atoms with Crippen LogP contribution >= 0.6 is 23.1 Å². The number of methoxy groups -OCH3 is 1. The van der Waals surface area contributed by atoms with Crippen LogP contribution in [0.25, 0.3) is 15.8 Å². The number of thioether (sulfide) groups is 1. The van der Waals surface area contributed by atoms with Crippen molar-refractivity contribution in [3.8, 4) is 5.06 Å². The van der Waals surface area contributed by atoms with E-state index in [2.05, 4.69) is 41.1 Å². The number of hydrogen-bond acceptors (Lipinski definition) is 5. The van der Waals surface area contributed by atoms with Crippen LogP contribution in [0.4, 0.5) is 0 Å². The third kappa shape index (κ3) is 1.99. The lowest BCUT2D eigenvalue weighted by molar-refractivity contribution is 0.427. The van der Waals surface area contributed by atoms with Crippen molar-refractivity contribution in [1.29, 1.82) is 0 Å². The van der Waals surface area contributed by atoms with Crippen molar-refractivity contribution < 1.29 is 4.74 Å². The lowest BCUT2D eigenvalue weighted by Gasteiger charge is -2.18. The van der Waals surface area contributed by atoms with Gasteiger partial charge < -0.3 is 9.64 Å². The van der Waals surface area contributed by atoms with Gasteiger partial charge in [0.15, 0.2) is 10.2 Å². The van der Waals surface area contributed by atoms with E-state index >= 15 is 0 Å². The predicted octanol–water partition coefficient (Wildman–Crippen LogP) is 4.41. The number of aliphatic imine (C=N–C) groups is 1. The Morgan fingerprint density at radius 2 is 2.29 bits per heavy atom. The zero-order valence-corrected chi connectivity index (χ0v) is 13.7. The Morgan fingerprint density at radius 3 is 3.10 bits per heavy atom. The Bertz CT molecular complexity index is 776. The van der Waals surface area contributed by atoms with Crippen LogP contribution in [-0.4, -0.2) is 30.3 Å². The quantitative estimate of drug-likeness (QED) is 0.838. The van der Waals surface area contributed by atoms with E-state index in [1.54, 1.807) is 18.4 Å². The van der Waals surface area contributed by atoms with Crippen LogP contribution in [0.5, 0.6) is 5.06 Å². The van der Waals surface area contributed by atoms with Gasteiger partial charge in [0.25, 0.3) is 0 Å². The molecule has 0 fully saturated rings. The first-order valence-corrected chi connectivity index (χ1v) is 8.75. The van der Waals surface area contributed by atoms with E-state index in [4.69, 9.17) is 4.74 Å². The van der Waals surface area contributed by atoms with Crippen molar-refractivity contribution in [2.24, 2.45) is 4.99 Å². The SMILES string of the molecule is CCC1=C(c2cccc3cc(OC)sc23)N2CCN=C2S1. The Hall–Kier alpha value is -1.46. The maximum Gasteiger partial charge on any atom is 0.174 e. The smallest absolute Gasteiger partial charge is 0.174 e. The molecule has 0 spiro atoms. The molecule has 2 aromatic rings. The summed E-state index contributed by atoms with van der Waals surface area (Å²) in [4.78, 5) is 8.42. The molecule has 0 atom stereocenters. The molecule has 0 aliphatic carbocycles. The topological polar surface area (TPSA) is 24.8 Å². The number of fused-ring (bicyclic) bond motifs is 2. The highest BCUT2D eigenvalue weighted by Crippen LogP contribution is 2.46. The average Bonchev–Trinajstić information content (AvgIpc) is 3.19. The molecule has 3 heterocycles. The monoisotopic (exact) mass is 316 g/mol. The summed E-state index contributed by atoms with van der Waals surface area (Å²) >= 11 is 3.56. The molecule has 1 aromatic heterocycles. The molecular weight excluding hydrogens is 300 g/mol. The van der Waals surface area contributed by atoms with Gasteiger partial charge in [0.05, 0.1) is 19.4 Å². The molecule has 1 aromatic carbocycles. The summed E-state index contributed by atoms with van der Waals surface area (Å²) in [5.74, 6) is 0. The zero-order valence-electron chi connectivity index (χ0n) is 12.0.